The van der Waals surface area contributed by atoms with E-state index in [1.807, 2.05) is 0 Å². The van der Waals surface area contributed by atoms with Gasteiger partial charge in [0.15, 0.2) is 0 Å². The summed E-state index contributed by atoms with van der Waals surface area (Å²) in [5.41, 5.74) is 12.7. The summed E-state index contributed by atoms with van der Waals surface area (Å²) in [6.45, 7) is 6.27. The Kier molecular flexibility index (Phi) is 9.18. The Hall–Kier alpha value is -5.08. The van der Waals surface area contributed by atoms with Crippen LogP contribution in [0.4, 0.5) is 22.7 Å². The molecule has 0 aromatic heterocycles. The number of nitrogens with zero attached hydrogens (tertiary/aromatic N) is 2. The number of benzene rings is 6. The number of hydrogen-bond donors (Lipinski definition) is 0. The van der Waals surface area contributed by atoms with Gasteiger partial charge in [0.1, 0.15) is 0 Å². The van der Waals surface area contributed by atoms with Crippen LogP contribution in [0.2, 0.25) is 0 Å². The highest BCUT2D eigenvalue weighted by atomic mass is 15.1. The van der Waals surface area contributed by atoms with Gasteiger partial charge in [-0.2, -0.15) is 0 Å². The number of para-hydroxylation sites is 2. The number of anilines is 4. The fourth-order valence-electron chi connectivity index (χ4n) is 5.93. The summed E-state index contributed by atoms with van der Waals surface area (Å²) in [5.74, 6) is 0. The molecule has 0 aliphatic carbocycles. The van der Waals surface area contributed by atoms with Crippen LogP contribution in [0, 0.1) is 0 Å². The zero-order valence-corrected chi connectivity index (χ0v) is 25.7. The van der Waals surface area contributed by atoms with Gasteiger partial charge in [0.05, 0.1) is 0 Å². The molecule has 0 radical (unpaired) electrons. The van der Waals surface area contributed by atoms with Gasteiger partial charge in [-0.1, -0.05) is 109 Å². The molecule has 0 amide bonds. The van der Waals surface area contributed by atoms with Crippen molar-refractivity contribution >= 4 is 22.7 Å². The zero-order valence-electron chi connectivity index (χ0n) is 25.7. The standard InChI is InChI=1S/C42H40N2/c1-3-43(39-11-7-5-8-12-39)41-27-19-35(20-28-41)31-33-15-23-37(24-16-33)38-25-17-34(18-26-38)32-36-21-29-42(30-22-36)44(4-2)40-13-9-6-10-14-40/h5-30H,3-4,31-32H2,1-2H3. The Morgan fingerprint density at radius 3 is 0.886 bits per heavy atom. The SMILES string of the molecule is CCN(c1ccccc1)c1ccc(Cc2ccc(-c3ccc(Cc4ccc(N(CC)c5ccccc5)cc4)cc3)cc2)cc1. The smallest absolute Gasteiger partial charge is 0.0410 e. The Bertz CT molecular complexity index is 1590. The van der Waals surface area contributed by atoms with Gasteiger partial charge in [-0.05, 0) is 109 Å². The van der Waals surface area contributed by atoms with E-state index in [4.69, 9.17) is 0 Å². The molecule has 2 heteroatoms. The van der Waals surface area contributed by atoms with Crippen LogP contribution in [-0.2, 0) is 12.8 Å². The first-order chi connectivity index (χ1) is 21.7. The van der Waals surface area contributed by atoms with E-state index in [0.717, 1.165) is 25.9 Å². The molecule has 0 aliphatic rings. The predicted octanol–water partition coefficient (Wildman–Crippen LogP) is 10.9. The lowest BCUT2D eigenvalue weighted by Crippen LogP contribution is -2.15. The normalized spacial score (nSPS) is 10.9. The quantitative estimate of drug-likeness (QED) is 0.152. The van der Waals surface area contributed by atoms with Crippen molar-refractivity contribution in [2.24, 2.45) is 0 Å². The maximum absolute atomic E-state index is 2.34. The molecular formula is C42H40N2. The molecule has 0 N–H and O–H groups in total. The average Bonchev–Trinajstić information content (AvgIpc) is 3.09. The Balaban J connectivity index is 1.06. The molecule has 0 saturated carbocycles. The predicted molar refractivity (Wildman–Crippen MR) is 189 cm³/mol. The van der Waals surface area contributed by atoms with E-state index in [9.17, 15) is 0 Å². The molecule has 0 fully saturated rings. The summed E-state index contributed by atoms with van der Waals surface area (Å²) in [5, 5.41) is 0. The molecule has 6 aromatic carbocycles. The van der Waals surface area contributed by atoms with Gasteiger partial charge >= 0.3 is 0 Å². The monoisotopic (exact) mass is 572 g/mol. The third-order valence-corrected chi connectivity index (χ3v) is 8.32. The summed E-state index contributed by atoms with van der Waals surface area (Å²) in [6.07, 6.45) is 1.86. The summed E-state index contributed by atoms with van der Waals surface area (Å²) in [7, 11) is 0. The third-order valence-electron chi connectivity index (χ3n) is 8.32. The summed E-state index contributed by atoms with van der Waals surface area (Å²) < 4.78 is 0. The molecule has 6 rings (SSSR count). The van der Waals surface area contributed by atoms with Gasteiger partial charge in [-0.3, -0.25) is 0 Å². The van der Waals surface area contributed by atoms with Crippen molar-refractivity contribution < 1.29 is 0 Å². The van der Waals surface area contributed by atoms with Gasteiger partial charge in [0.25, 0.3) is 0 Å². The van der Waals surface area contributed by atoms with Crippen molar-refractivity contribution in [2.45, 2.75) is 26.7 Å². The Labute approximate surface area is 262 Å². The van der Waals surface area contributed by atoms with Crippen molar-refractivity contribution in [3.8, 4) is 11.1 Å². The summed E-state index contributed by atoms with van der Waals surface area (Å²) >= 11 is 0. The number of hydrogen-bond acceptors (Lipinski definition) is 2. The highest BCUT2D eigenvalue weighted by molar-refractivity contribution is 5.66. The first-order valence-corrected chi connectivity index (χ1v) is 15.7. The van der Waals surface area contributed by atoms with E-state index < -0.39 is 0 Å². The van der Waals surface area contributed by atoms with Gasteiger partial charge in [-0.15, -0.1) is 0 Å². The Morgan fingerprint density at radius 2 is 0.591 bits per heavy atom. The third kappa shape index (κ3) is 6.93. The minimum absolute atomic E-state index is 0.928. The second-order valence-electron chi connectivity index (χ2n) is 11.2. The van der Waals surface area contributed by atoms with Crippen molar-refractivity contribution in [3.05, 3.63) is 180 Å². The topological polar surface area (TPSA) is 6.48 Å². The number of rotatable bonds is 11. The van der Waals surface area contributed by atoms with Gasteiger partial charge in [0.2, 0.25) is 0 Å². The highest BCUT2D eigenvalue weighted by Gasteiger charge is 2.09. The zero-order chi connectivity index (χ0) is 30.1. The largest absolute Gasteiger partial charge is 0.342 e. The van der Waals surface area contributed by atoms with Crippen LogP contribution in [0.5, 0.6) is 0 Å². The van der Waals surface area contributed by atoms with E-state index in [2.05, 4.69) is 181 Å². The van der Waals surface area contributed by atoms with Crippen LogP contribution in [0.25, 0.3) is 11.1 Å². The van der Waals surface area contributed by atoms with Gasteiger partial charge in [0, 0.05) is 35.8 Å². The fourth-order valence-corrected chi connectivity index (χ4v) is 5.93. The molecule has 0 heterocycles. The molecule has 6 aromatic rings. The highest BCUT2D eigenvalue weighted by Crippen LogP contribution is 2.28. The molecule has 0 unspecified atom stereocenters. The van der Waals surface area contributed by atoms with E-state index in [1.165, 1.54) is 56.1 Å². The molecule has 0 saturated heterocycles. The van der Waals surface area contributed by atoms with Crippen LogP contribution >= 0.6 is 0 Å². The van der Waals surface area contributed by atoms with Crippen LogP contribution in [0.3, 0.4) is 0 Å². The van der Waals surface area contributed by atoms with E-state index >= 15 is 0 Å². The van der Waals surface area contributed by atoms with Crippen LogP contribution in [-0.4, -0.2) is 13.1 Å². The maximum Gasteiger partial charge on any atom is 0.0410 e. The fraction of sp³-hybridized carbons (Fsp3) is 0.143. The van der Waals surface area contributed by atoms with E-state index in [-0.39, 0.29) is 0 Å². The lowest BCUT2D eigenvalue weighted by atomic mass is 9.98. The molecule has 2 nitrogen and oxygen atoms in total. The second-order valence-corrected chi connectivity index (χ2v) is 11.2. The van der Waals surface area contributed by atoms with Crippen molar-refractivity contribution in [2.75, 3.05) is 22.9 Å². The van der Waals surface area contributed by atoms with Crippen LogP contribution in [0.15, 0.2) is 158 Å². The molecule has 0 atom stereocenters. The van der Waals surface area contributed by atoms with Gasteiger partial charge < -0.3 is 9.80 Å². The lowest BCUT2D eigenvalue weighted by molar-refractivity contribution is 1.02. The summed E-state index contributed by atoms with van der Waals surface area (Å²) in [6, 6.07) is 57.2. The lowest BCUT2D eigenvalue weighted by Gasteiger charge is -2.23. The minimum atomic E-state index is 0.928. The molecular weight excluding hydrogens is 532 g/mol. The molecule has 44 heavy (non-hydrogen) atoms. The van der Waals surface area contributed by atoms with Crippen molar-refractivity contribution in [1.29, 1.82) is 0 Å². The minimum Gasteiger partial charge on any atom is -0.342 e. The average molecular weight is 573 g/mol. The summed E-state index contributed by atoms with van der Waals surface area (Å²) in [4.78, 5) is 4.68. The molecule has 218 valence electrons. The van der Waals surface area contributed by atoms with Crippen molar-refractivity contribution in [3.63, 3.8) is 0 Å². The van der Waals surface area contributed by atoms with Crippen LogP contribution in [0.1, 0.15) is 36.1 Å². The Morgan fingerprint density at radius 1 is 0.318 bits per heavy atom. The molecule has 0 aliphatic heterocycles. The maximum atomic E-state index is 2.34. The van der Waals surface area contributed by atoms with Crippen molar-refractivity contribution in [1.82, 2.24) is 0 Å². The first-order valence-electron chi connectivity index (χ1n) is 15.7. The second kappa shape index (κ2) is 13.9. The van der Waals surface area contributed by atoms with E-state index in [1.54, 1.807) is 0 Å². The first kappa shape index (κ1) is 29.0. The molecule has 0 spiro atoms. The van der Waals surface area contributed by atoms with Gasteiger partial charge in [-0.25, -0.2) is 0 Å². The van der Waals surface area contributed by atoms with Crippen LogP contribution < -0.4 is 9.80 Å². The van der Waals surface area contributed by atoms with E-state index in [0.29, 0.717) is 0 Å². The molecule has 0 bridgehead atoms.